The van der Waals surface area contributed by atoms with Crippen LogP contribution >= 0.6 is 0 Å². The first-order chi connectivity index (χ1) is 9.80. The van der Waals surface area contributed by atoms with Crippen molar-refractivity contribution in [2.75, 3.05) is 0 Å². The molecule has 21 heavy (non-hydrogen) atoms. The van der Waals surface area contributed by atoms with Crippen molar-refractivity contribution in [3.05, 3.63) is 97.1 Å². The van der Waals surface area contributed by atoms with Gasteiger partial charge in [-0.3, -0.25) is 9.97 Å². The zero-order chi connectivity index (χ0) is 14.5. The second-order valence-corrected chi connectivity index (χ2v) is 3.46. The van der Waals surface area contributed by atoms with Gasteiger partial charge in [0.25, 0.3) is 0 Å². The van der Waals surface area contributed by atoms with Crippen molar-refractivity contribution in [3.63, 3.8) is 0 Å². The molecule has 0 aliphatic carbocycles. The fourth-order valence-electron chi connectivity index (χ4n) is 1.06. The minimum Gasteiger partial charge on any atom is -0.265 e. The van der Waals surface area contributed by atoms with Gasteiger partial charge in [-0.15, -0.1) is 0 Å². The summed E-state index contributed by atoms with van der Waals surface area (Å²) in [5.74, 6) is -1.60. The van der Waals surface area contributed by atoms with Gasteiger partial charge in [-0.2, -0.15) is 0 Å². The largest absolute Gasteiger partial charge is 0.265 e. The van der Waals surface area contributed by atoms with E-state index < -0.39 is 11.6 Å². The second kappa shape index (κ2) is 13.0. The van der Waals surface area contributed by atoms with Crippen LogP contribution in [0.5, 0.6) is 0 Å². The van der Waals surface area contributed by atoms with Gasteiger partial charge >= 0.3 is 0 Å². The molecule has 111 valence electrons. The van der Waals surface area contributed by atoms with Crippen LogP contribution in [0.15, 0.2) is 85.5 Å². The van der Waals surface area contributed by atoms with E-state index in [1.165, 1.54) is 12.1 Å². The predicted octanol–water partition coefficient (Wildman–Crippen LogP) is 4.13. The average Bonchev–Trinajstić information content (AvgIpc) is 2.55. The van der Waals surface area contributed by atoms with E-state index in [4.69, 9.17) is 0 Å². The summed E-state index contributed by atoms with van der Waals surface area (Å²) in [6.45, 7) is 0. The van der Waals surface area contributed by atoms with Crippen LogP contribution in [-0.2, 0) is 20.1 Å². The Hall–Kier alpha value is -1.97. The summed E-state index contributed by atoms with van der Waals surface area (Å²) in [7, 11) is 0. The maximum atomic E-state index is 11.9. The molecule has 0 saturated heterocycles. The Bertz CT molecular complexity index is 460. The molecule has 3 aromatic rings. The summed E-state index contributed by atoms with van der Waals surface area (Å²) in [6, 6.07) is 16.5. The quantitative estimate of drug-likeness (QED) is 0.500. The van der Waals surface area contributed by atoms with Crippen molar-refractivity contribution in [1.29, 1.82) is 0 Å². The first-order valence-corrected chi connectivity index (χ1v) is 5.90. The minimum atomic E-state index is -0.799. The Labute approximate surface area is 136 Å². The van der Waals surface area contributed by atoms with Gasteiger partial charge < -0.3 is 0 Å². The Balaban J connectivity index is 0.000000283. The third kappa shape index (κ3) is 10.5. The van der Waals surface area contributed by atoms with Gasteiger partial charge in [0.15, 0.2) is 11.6 Å². The van der Waals surface area contributed by atoms with Crippen LogP contribution in [-0.4, -0.2) is 9.97 Å². The van der Waals surface area contributed by atoms with Crippen LogP contribution in [0.4, 0.5) is 8.78 Å². The molecule has 0 unspecified atom stereocenters. The number of rotatable bonds is 0. The van der Waals surface area contributed by atoms with E-state index >= 15 is 0 Å². The number of halogens is 2. The van der Waals surface area contributed by atoms with Crippen molar-refractivity contribution in [2.45, 2.75) is 0 Å². The molecular formula is C16H14F2IrN2. The van der Waals surface area contributed by atoms with Gasteiger partial charge in [-0.25, -0.2) is 8.78 Å². The summed E-state index contributed by atoms with van der Waals surface area (Å²) >= 11 is 0. The summed E-state index contributed by atoms with van der Waals surface area (Å²) in [6.07, 6.45) is 7.00. The third-order valence-electron chi connectivity index (χ3n) is 1.96. The predicted molar refractivity (Wildman–Crippen MR) is 74.8 cm³/mol. The molecule has 0 bridgehead atoms. The van der Waals surface area contributed by atoms with Crippen molar-refractivity contribution in [2.24, 2.45) is 0 Å². The summed E-state index contributed by atoms with van der Waals surface area (Å²) < 4.78 is 23.9. The van der Waals surface area contributed by atoms with Crippen molar-refractivity contribution in [1.82, 2.24) is 9.97 Å². The van der Waals surface area contributed by atoms with Gasteiger partial charge in [-0.1, -0.05) is 24.3 Å². The molecule has 0 aliphatic rings. The van der Waals surface area contributed by atoms with Crippen molar-refractivity contribution in [3.8, 4) is 0 Å². The van der Waals surface area contributed by atoms with Gasteiger partial charge in [0.1, 0.15) is 0 Å². The molecule has 1 radical (unpaired) electrons. The summed E-state index contributed by atoms with van der Waals surface area (Å²) in [5.41, 5.74) is 0. The Morgan fingerprint density at radius 1 is 0.524 bits per heavy atom. The fraction of sp³-hybridized carbons (Fsp3) is 0. The van der Waals surface area contributed by atoms with Crippen LogP contribution in [0.1, 0.15) is 0 Å². The molecule has 0 spiro atoms. The zero-order valence-electron chi connectivity index (χ0n) is 11.1. The molecule has 2 heterocycles. The Kier molecular flexibility index (Phi) is 11.8. The smallest absolute Gasteiger partial charge is 0.158 e. The third-order valence-corrected chi connectivity index (χ3v) is 1.96. The van der Waals surface area contributed by atoms with Crippen LogP contribution in [0.25, 0.3) is 0 Å². The van der Waals surface area contributed by atoms with Gasteiger partial charge in [0.05, 0.1) is 0 Å². The first kappa shape index (κ1) is 19.0. The monoisotopic (exact) mass is 465 g/mol. The van der Waals surface area contributed by atoms with Crippen LogP contribution < -0.4 is 0 Å². The normalized spacial score (nSPS) is 8.10. The van der Waals surface area contributed by atoms with E-state index in [1.54, 1.807) is 24.8 Å². The van der Waals surface area contributed by atoms with Crippen LogP contribution in [0.2, 0.25) is 0 Å². The fourth-order valence-corrected chi connectivity index (χ4v) is 1.06. The molecule has 5 heteroatoms. The zero-order valence-corrected chi connectivity index (χ0v) is 13.5. The SMILES string of the molecule is Fc1ccccc1F.[Ir].c1ccncc1.c1ccncc1. The molecule has 1 aromatic carbocycles. The van der Waals surface area contributed by atoms with Gasteiger partial charge in [0, 0.05) is 44.9 Å². The molecule has 3 rings (SSSR count). The molecule has 2 nitrogen and oxygen atoms in total. The van der Waals surface area contributed by atoms with Crippen molar-refractivity contribution < 1.29 is 28.9 Å². The number of hydrogen-bond donors (Lipinski definition) is 0. The number of aromatic nitrogens is 2. The first-order valence-electron chi connectivity index (χ1n) is 5.90. The standard InChI is InChI=1S/C6H4F2.2C5H5N.Ir/c7-5-3-1-2-4-6(5)8;2*1-2-4-6-5-3-1;/h1-4H;2*1-5H;. The number of hydrogen-bond acceptors (Lipinski definition) is 2. The van der Waals surface area contributed by atoms with Crippen LogP contribution in [0, 0.1) is 11.6 Å². The average molecular weight is 465 g/mol. The number of nitrogens with zero attached hydrogens (tertiary/aromatic N) is 2. The van der Waals surface area contributed by atoms with Crippen molar-refractivity contribution >= 4 is 0 Å². The van der Waals surface area contributed by atoms with Crippen LogP contribution in [0.3, 0.4) is 0 Å². The molecule has 0 amide bonds. The molecular weight excluding hydrogens is 450 g/mol. The molecule has 0 N–H and O–H groups in total. The van der Waals surface area contributed by atoms with E-state index in [9.17, 15) is 8.78 Å². The molecule has 0 atom stereocenters. The molecule has 0 fully saturated rings. The maximum Gasteiger partial charge on any atom is 0.158 e. The minimum absolute atomic E-state index is 0. The van der Waals surface area contributed by atoms with Gasteiger partial charge in [-0.05, 0) is 36.4 Å². The van der Waals surface area contributed by atoms with E-state index in [-0.39, 0.29) is 20.1 Å². The van der Waals surface area contributed by atoms with E-state index in [2.05, 4.69) is 9.97 Å². The molecule has 0 aliphatic heterocycles. The van der Waals surface area contributed by atoms with E-state index in [0.29, 0.717) is 0 Å². The second-order valence-electron chi connectivity index (χ2n) is 3.46. The Morgan fingerprint density at radius 2 is 0.857 bits per heavy atom. The summed E-state index contributed by atoms with van der Waals surface area (Å²) in [5, 5.41) is 0. The molecule has 2 aromatic heterocycles. The topological polar surface area (TPSA) is 25.8 Å². The molecule has 0 saturated carbocycles. The van der Waals surface area contributed by atoms with E-state index in [1.807, 2.05) is 36.4 Å². The van der Waals surface area contributed by atoms with E-state index in [0.717, 1.165) is 12.1 Å². The van der Waals surface area contributed by atoms with Gasteiger partial charge in [0.2, 0.25) is 0 Å². The number of benzene rings is 1. The summed E-state index contributed by atoms with van der Waals surface area (Å²) in [4.78, 5) is 7.57. The maximum absolute atomic E-state index is 11.9. The Morgan fingerprint density at radius 3 is 1.00 bits per heavy atom. The number of pyridine rings is 2.